The number of esters is 2. The van der Waals surface area contributed by atoms with Crippen LogP contribution in [0.3, 0.4) is 0 Å². The van der Waals surface area contributed by atoms with Gasteiger partial charge in [-0.3, -0.25) is 14.5 Å². The highest BCUT2D eigenvalue weighted by molar-refractivity contribution is 5.70. The van der Waals surface area contributed by atoms with Crippen LogP contribution in [0.1, 0.15) is 32.6 Å². The first-order valence-electron chi connectivity index (χ1n) is 6.57. The number of methoxy groups -OCH3 is 2. The molecule has 0 aliphatic rings. The number of hydrogen-bond donors (Lipinski definition) is 1. The summed E-state index contributed by atoms with van der Waals surface area (Å²) in [5.74, 6) is -0.590. The van der Waals surface area contributed by atoms with Crippen LogP contribution in [0.25, 0.3) is 0 Å². The topological polar surface area (TPSA) is 76.1 Å². The first-order valence-corrected chi connectivity index (χ1v) is 6.57. The number of carbonyl (C=O) groups excluding carboxylic acids is 2. The summed E-state index contributed by atoms with van der Waals surface area (Å²) in [4.78, 5) is 24.3. The van der Waals surface area contributed by atoms with Crippen LogP contribution in [-0.2, 0) is 19.1 Å². The van der Waals surface area contributed by atoms with Crippen LogP contribution in [-0.4, -0.2) is 61.9 Å². The zero-order chi connectivity index (χ0) is 14.7. The van der Waals surface area contributed by atoms with Crippen LogP contribution in [0.15, 0.2) is 0 Å². The number of rotatable bonds is 10. The van der Waals surface area contributed by atoms with Gasteiger partial charge in [-0.15, -0.1) is 0 Å². The summed E-state index contributed by atoms with van der Waals surface area (Å²) in [6, 6.07) is -0.0423. The number of hydrogen-bond acceptors (Lipinski definition) is 6. The molecular formula is C13H25NO5. The van der Waals surface area contributed by atoms with Crippen molar-refractivity contribution in [1.82, 2.24) is 4.90 Å². The second kappa shape index (κ2) is 10.8. The van der Waals surface area contributed by atoms with Crippen molar-refractivity contribution in [1.29, 1.82) is 0 Å². The van der Waals surface area contributed by atoms with Gasteiger partial charge in [0.2, 0.25) is 0 Å². The lowest BCUT2D eigenvalue weighted by molar-refractivity contribution is -0.141. The summed E-state index contributed by atoms with van der Waals surface area (Å²) in [6.45, 7) is 2.97. The predicted octanol–water partition coefficient (Wildman–Crippen LogP) is 0.576. The van der Waals surface area contributed by atoms with Gasteiger partial charge < -0.3 is 14.6 Å². The fraction of sp³-hybridized carbons (Fsp3) is 0.846. The van der Waals surface area contributed by atoms with Crippen LogP contribution < -0.4 is 0 Å². The summed E-state index contributed by atoms with van der Waals surface area (Å²) in [7, 11) is 2.69. The third kappa shape index (κ3) is 7.79. The average Bonchev–Trinajstić information content (AvgIpc) is 2.44. The second-order valence-electron chi connectivity index (χ2n) is 4.31. The molecule has 0 rings (SSSR count). The minimum atomic E-state index is -0.295. The molecular weight excluding hydrogens is 250 g/mol. The summed E-state index contributed by atoms with van der Waals surface area (Å²) in [5, 5.41) is 9.40. The fourth-order valence-corrected chi connectivity index (χ4v) is 1.87. The van der Waals surface area contributed by atoms with E-state index in [4.69, 9.17) is 0 Å². The number of aliphatic hydroxyl groups excluding tert-OH is 1. The fourth-order valence-electron chi connectivity index (χ4n) is 1.87. The second-order valence-corrected chi connectivity index (χ2v) is 4.31. The Kier molecular flexibility index (Phi) is 10.1. The van der Waals surface area contributed by atoms with Gasteiger partial charge in [0.15, 0.2) is 0 Å². The Hall–Kier alpha value is -1.14. The third-order valence-corrected chi connectivity index (χ3v) is 3.01. The molecule has 0 aromatic heterocycles. The van der Waals surface area contributed by atoms with Crippen molar-refractivity contribution < 1.29 is 24.2 Å². The molecule has 19 heavy (non-hydrogen) atoms. The maximum Gasteiger partial charge on any atom is 0.306 e. The Morgan fingerprint density at radius 1 is 1.11 bits per heavy atom. The normalized spacial score (nSPS) is 12.3. The van der Waals surface area contributed by atoms with E-state index in [1.807, 2.05) is 11.8 Å². The lowest BCUT2D eigenvalue weighted by Gasteiger charge is -2.29. The largest absolute Gasteiger partial charge is 0.469 e. The molecule has 0 unspecified atom stereocenters. The highest BCUT2D eigenvalue weighted by Crippen LogP contribution is 2.09. The Morgan fingerprint density at radius 2 is 1.58 bits per heavy atom. The molecule has 112 valence electrons. The minimum Gasteiger partial charge on any atom is -0.469 e. The van der Waals surface area contributed by atoms with Crippen LogP contribution in [0, 0.1) is 0 Å². The standard InChI is InChI=1S/C13H25NO5/c1-4-5-11(10-15)14(8-6-12(16)18-2)9-7-13(17)19-3/h11,15H,4-10H2,1-3H3/t11-/m0/s1. The van der Waals surface area contributed by atoms with Gasteiger partial charge in [0.05, 0.1) is 33.7 Å². The van der Waals surface area contributed by atoms with Gasteiger partial charge in [0, 0.05) is 19.1 Å². The van der Waals surface area contributed by atoms with Crippen molar-refractivity contribution in [2.75, 3.05) is 33.9 Å². The zero-order valence-corrected chi connectivity index (χ0v) is 12.1. The molecule has 6 nitrogen and oxygen atoms in total. The Labute approximate surface area is 114 Å². The smallest absolute Gasteiger partial charge is 0.306 e. The van der Waals surface area contributed by atoms with Gasteiger partial charge in [0.25, 0.3) is 0 Å². The Morgan fingerprint density at radius 3 is 1.89 bits per heavy atom. The summed E-state index contributed by atoms with van der Waals surface area (Å²) >= 11 is 0. The third-order valence-electron chi connectivity index (χ3n) is 3.01. The molecule has 0 fully saturated rings. The van der Waals surface area contributed by atoms with Crippen molar-refractivity contribution in [3.05, 3.63) is 0 Å². The van der Waals surface area contributed by atoms with Crippen molar-refractivity contribution in [2.45, 2.75) is 38.6 Å². The van der Waals surface area contributed by atoms with Crippen molar-refractivity contribution >= 4 is 11.9 Å². The van der Waals surface area contributed by atoms with E-state index in [0.29, 0.717) is 13.1 Å². The molecule has 0 aliphatic carbocycles. The zero-order valence-electron chi connectivity index (χ0n) is 12.1. The minimum absolute atomic E-state index is 0.0101. The summed E-state index contributed by atoms with van der Waals surface area (Å²) in [6.07, 6.45) is 2.24. The van der Waals surface area contributed by atoms with Crippen LogP contribution >= 0.6 is 0 Å². The summed E-state index contributed by atoms with van der Waals surface area (Å²) < 4.78 is 9.20. The van der Waals surface area contributed by atoms with Gasteiger partial charge in [-0.25, -0.2) is 0 Å². The first-order chi connectivity index (χ1) is 9.08. The Balaban J connectivity index is 4.42. The van der Waals surface area contributed by atoms with E-state index < -0.39 is 0 Å². The van der Waals surface area contributed by atoms with E-state index in [1.54, 1.807) is 0 Å². The lowest BCUT2D eigenvalue weighted by atomic mass is 10.1. The summed E-state index contributed by atoms with van der Waals surface area (Å²) in [5.41, 5.74) is 0. The van der Waals surface area contributed by atoms with Crippen LogP contribution in [0.5, 0.6) is 0 Å². The molecule has 0 saturated heterocycles. The van der Waals surface area contributed by atoms with Gasteiger partial charge in [-0.05, 0) is 6.42 Å². The van der Waals surface area contributed by atoms with E-state index in [1.165, 1.54) is 14.2 Å². The van der Waals surface area contributed by atoms with Crippen molar-refractivity contribution in [3.8, 4) is 0 Å². The molecule has 0 aromatic carbocycles. The van der Waals surface area contributed by atoms with Gasteiger partial charge >= 0.3 is 11.9 Å². The maximum atomic E-state index is 11.2. The van der Waals surface area contributed by atoms with Crippen molar-refractivity contribution in [2.24, 2.45) is 0 Å². The molecule has 0 radical (unpaired) electrons. The number of ether oxygens (including phenoxy) is 2. The number of aliphatic hydroxyl groups is 1. The quantitative estimate of drug-likeness (QED) is 0.588. The Bertz CT molecular complexity index is 250. The molecule has 0 saturated carbocycles. The first kappa shape index (κ1) is 17.9. The lowest BCUT2D eigenvalue weighted by Crippen LogP contribution is -2.40. The van der Waals surface area contributed by atoms with E-state index in [9.17, 15) is 14.7 Å². The van der Waals surface area contributed by atoms with Crippen LogP contribution in [0.4, 0.5) is 0 Å². The van der Waals surface area contributed by atoms with Gasteiger partial charge in [0.1, 0.15) is 0 Å². The maximum absolute atomic E-state index is 11.2. The van der Waals surface area contributed by atoms with E-state index in [-0.39, 0.29) is 37.4 Å². The van der Waals surface area contributed by atoms with E-state index in [0.717, 1.165) is 12.8 Å². The van der Waals surface area contributed by atoms with Gasteiger partial charge in [-0.1, -0.05) is 13.3 Å². The predicted molar refractivity (Wildman–Crippen MR) is 70.6 cm³/mol. The molecule has 0 spiro atoms. The molecule has 0 aliphatic heterocycles. The highest BCUT2D eigenvalue weighted by atomic mass is 16.5. The van der Waals surface area contributed by atoms with E-state index in [2.05, 4.69) is 9.47 Å². The monoisotopic (exact) mass is 275 g/mol. The molecule has 0 bridgehead atoms. The van der Waals surface area contributed by atoms with Crippen molar-refractivity contribution in [3.63, 3.8) is 0 Å². The van der Waals surface area contributed by atoms with Gasteiger partial charge in [-0.2, -0.15) is 0 Å². The molecule has 0 aromatic rings. The number of nitrogens with zero attached hydrogens (tertiary/aromatic N) is 1. The molecule has 1 N–H and O–H groups in total. The van der Waals surface area contributed by atoms with E-state index >= 15 is 0 Å². The SMILES string of the molecule is CCC[C@@H](CO)N(CCC(=O)OC)CCC(=O)OC. The molecule has 0 heterocycles. The molecule has 6 heteroatoms. The highest BCUT2D eigenvalue weighted by Gasteiger charge is 2.19. The van der Waals surface area contributed by atoms with Crippen LogP contribution in [0.2, 0.25) is 0 Å². The molecule has 1 atom stereocenters. The molecule has 0 amide bonds. The average molecular weight is 275 g/mol. The number of carbonyl (C=O) groups is 2.